The second-order valence-corrected chi connectivity index (χ2v) is 6.46. The quantitative estimate of drug-likeness (QED) is 0.781. The van der Waals surface area contributed by atoms with Crippen LogP contribution in [0.25, 0.3) is 0 Å². The number of rotatable bonds is 5. The molecule has 1 aromatic rings. The first kappa shape index (κ1) is 16.2. The number of esters is 1. The summed E-state index contributed by atoms with van der Waals surface area (Å²) in [7, 11) is 1.39. The average Bonchev–Trinajstić information content (AvgIpc) is 2.45. The molecule has 1 aliphatic rings. The van der Waals surface area contributed by atoms with Crippen LogP contribution in [0.1, 0.15) is 19.3 Å². The van der Waals surface area contributed by atoms with Crippen molar-refractivity contribution in [2.75, 3.05) is 26.7 Å². The number of hydrogen-bond acceptors (Lipinski definition) is 4. The van der Waals surface area contributed by atoms with Gasteiger partial charge in [0.05, 0.1) is 13.5 Å². The minimum absolute atomic E-state index is 0.193. The van der Waals surface area contributed by atoms with Crippen molar-refractivity contribution >= 4 is 17.7 Å². The third-order valence-electron chi connectivity index (χ3n) is 3.53. The third-order valence-corrected chi connectivity index (χ3v) is 4.85. The van der Waals surface area contributed by atoms with Gasteiger partial charge in [-0.2, -0.15) is 0 Å². The SMILES string of the molecule is COC(=O)CCN1CCC(Sc2cc(F)cc(F)c2)CC1. The van der Waals surface area contributed by atoms with Gasteiger partial charge < -0.3 is 9.64 Å². The fourth-order valence-corrected chi connectivity index (χ4v) is 3.58. The van der Waals surface area contributed by atoms with Crippen molar-refractivity contribution in [1.82, 2.24) is 4.90 Å². The van der Waals surface area contributed by atoms with Crippen LogP contribution in [0.2, 0.25) is 0 Å². The van der Waals surface area contributed by atoms with Gasteiger partial charge in [-0.05, 0) is 38.1 Å². The Morgan fingerprint density at radius 3 is 2.48 bits per heavy atom. The maximum absolute atomic E-state index is 13.1. The molecular formula is C15H19F2NO2S. The summed E-state index contributed by atoms with van der Waals surface area (Å²) in [4.78, 5) is 14.0. The lowest BCUT2D eigenvalue weighted by atomic mass is 10.1. The van der Waals surface area contributed by atoms with Gasteiger partial charge in [-0.25, -0.2) is 8.78 Å². The van der Waals surface area contributed by atoms with Crippen molar-refractivity contribution in [1.29, 1.82) is 0 Å². The van der Waals surface area contributed by atoms with Gasteiger partial charge in [0.1, 0.15) is 11.6 Å². The van der Waals surface area contributed by atoms with Crippen LogP contribution >= 0.6 is 11.8 Å². The molecule has 0 radical (unpaired) electrons. The number of methoxy groups -OCH3 is 1. The summed E-state index contributed by atoms with van der Waals surface area (Å²) in [6, 6.07) is 3.63. The number of nitrogens with zero attached hydrogens (tertiary/aromatic N) is 1. The molecule has 1 fully saturated rings. The number of halogens is 2. The zero-order chi connectivity index (χ0) is 15.2. The van der Waals surface area contributed by atoms with E-state index in [0.717, 1.165) is 32.0 Å². The number of hydrogen-bond donors (Lipinski definition) is 0. The van der Waals surface area contributed by atoms with Crippen LogP contribution in [-0.4, -0.2) is 42.9 Å². The Morgan fingerprint density at radius 1 is 1.29 bits per heavy atom. The highest BCUT2D eigenvalue weighted by Crippen LogP contribution is 2.31. The van der Waals surface area contributed by atoms with Crippen LogP contribution < -0.4 is 0 Å². The second kappa shape index (κ2) is 7.75. The molecule has 0 aliphatic carbocycles. The molecule has 21 heavy (non-hydrogen) atoms. The summed E-state index contributed by atoms with van der Waals surface area (Å²) in [5.41, 5.74) is 0. The van der Waals surface area contributed by atoms with Crippen molar-refractivity contribution in [2.24, 2.45) is 0 Å². The Hall–Kier alpha value is -1.14. The Morgan fingerprint density at radius 2 is 1.90 bits per heavy atom. The molecule has 0 unspecified atom stereocenters. The Bertz CT molecular complexity index is 470. The summed E-state index contributed by atoms with van der Waals surface area (Å²) in [5, 5.41) is 0.362. The van der Waals surface area contributed by atoms with Gasteiger partial charge in [0.2, 0.25) is 0 Å². The maximum Gasteiger partial charge on any atom is 0.306 e. The maximum atomic E-state index is 13.1. The molecule has 0 spiro atoms. The minimum Gasteiger partial charge on any atom is -0.469 e. The topological polar surface area (TPSA) is 29.5 Å². The van der Waals surface area contributed by atoms with E-state index in [1.807, 2.05) is 0 Å². The van der Waals surface area contributed by atoms with Gasteiger partial charge in [0.25, 0.3) is 0 Å². The minimum atomic E-state index is -0.534. The average molecular weight is 315 g/mol. The molecule has 116 valence electrons. The number of carbonyl (C=O) groups excluding carboxylic acids is 1. The van der Waals surface area contributed by atoms with Gasteiger partial charge in [-0.3, -0.25) is 4.79 Å². The first-order valence-electron chi connectivity index (χ1n) is 6.99. The molecule has 6 heteroatoms. The van der Waals surface area contributed by atoms with Crippen LogP contribution in [0, 0.1) is 11.6 Å². The van der Waals surface area contributed by atoms with Gasteiger partial charge in [-0.1, -0.05) is 0 Å². The molecule has 0 amide bonds. The van der Waals surface area contributed by atoms with Gasteiger partial charge >= 0.3 is 5.97 Å². The molecule has 0 bridgehead atoms. The van der Waals surface area contributed by atoms with E-state index in [4.69, 9.17) is 0 Å². The summed E-state index contributed by atoms with van der Waals surface area (Å²) in [6.45, 7) is 2.50. The van der Waals surface area contributed by atoms with Crippen molar-refractivity contribution < 1.29 is 18.3 Å². The summed E-state index contributed by atoms with van der Waals surface area (Å²) >= 11 is 1.53. The first-order valence-corrected chi connectivity index (χ1v) is 7.86. The van der Waals surface area contributed by atoms with Crippen LogP contribution in [0.15, 0.2) is 23.1 Å². The summed E-state index contributed by atoms with van der Waals surface area (Å²) < 4.78 is 30.9. The zero-order valence-corrected chi connectivity index (χ0v) is 12.8. The predicted octanol–water partition coefficient (Wildman–Crippen LogP) is 3.08. The van der Waals surface area contributed by atoms with Crippen LogP contribution in [-0.2, 0) is 9.53 Å². The fourth-order valence-electron chi connectivity index (χ4n) is 2.39. The van der Waals surface area contributed by atoms with Crippen molar-refractivity contribution in [2.45, 2.75) is 29.4 Å². The number of thioether (sulfide) groups is 1. The van der Waals surface area contributed by atoms with E-state index in [9.17, 15) is 13.6 Å². The van der Waals surface area contributed by atoms with Gasteiger partial charge in [-0.15, -0.1) is 11.8 Å². The highest BCUT2D eigenvalue weighted by Gasteiger charge is 2.21. The number of ether oxygens (including phenoxy) is 1. The van der Waals surface area contributed by atoms with Gasteiger partial charge in [0, 0.05) is 22.8 Å². The van der Waals surface area contributed by atoms with E-state index in [-0.39, 0.29) is 5.97 Å². The predicted molar refractivity (Wildman–Crippen MR) is 78.3 cm³/mol. The number of carbonyl (C=O) groups is 1. The van der Waals surface area contributed by atoms with E-state index < -0.39 is 11.6 Å². The summed E-state index contributed by atoms with van der Waals surface area (Å²) in [6.07, 6.45) is 2.30. The van der Waals surface area contributed by atoms with Crippen LogP contribution in [0.3, 0.4) is 0 Å². The second-order valence-electron chi connectivity index (χ2n) is 5.09. The van der Waals surface area contributed by atoms with Crippen molar-refractivity contribution in [3.63, 3.8) is 0 Å². The standard InChI is InChI=1S/C15H19F2NO2S/c1-20-15(19)4-7-18-5-2-13(3-6-18)21-14-9-11(16)8-12(17)10-14/h8-10,13H,2-7H2,1H3. The fraction of sp³-hybridized carbons (Fsp3) is 0.533. The molecule has 0 aromatic heterocycles. The van der Waals surface area contributed by atoms with Crippen LogP contribution in [0.5, 0.6) is 0 Å². The number of likely N-dealkylation sites (tertiary alicyclic amines) is 1. The molecular weight excluding hydrogens is 296 g/mol. The lowest BCUT2D eigenvalue weighted by molar-refractivity contribution is -0.141. The lowest BCUT2D eigenvalue weighted by Gasteiger charge is -2.31. The van der Waals surface area contributed by atoms with Gasteiger partial charge in [0.15, 0.2) is 0 Å². The molecule has 3 nitrogen and oxygen atoms in total. The normalized spacial score (nSPS) is 16.9. The van der Waals surface area contributed by atoms with Crippen molar-refractivity contribution in [3.05, 3.63) is 29.8 Å². The highest BCUT2D eigenvalue weighted by atomic mass is 32.2. The molecule has 1 heterocycles. The Balaban J connectivity index is 1.77. The Kier molecular flexibility index (Phi) is 5.99. The van der Waals surface area contributed by atoms with Crippen molar-refractivity contribution in [3.8, 4) is 0 Å². The lowest BCUT2D eigenvalue weighted by Crippen LogP contribution is -2.36. The molecule has 0 atom stereocenters. The first-order chi connectivity index (χ1) is 10.1. The monoisotopic (exact) mass is 315 g/mol. The largest absolute Gasteiger partial charge is 0.469 e. The van der Waals surface area contributed by atoms with E-state index in [2.05, 4.69) is 9.64 Å². The molecule has 0 saturated carbocycles. The Labute approximate surface area is 127 Å². The van der Waals surface area contributed by atoms with Crippen LogP contribution in [0.4, 0.5) is 8.78 Å². The third kappa shape index (κ3) is 5.28. The number of piperidine rings is 1. The van der Waals surface area contributed by atoms with E-state index >= 15 is 0 Å². The molecule has 0 N–H and O–H groups in total. The van der Waals surface area contributed by atoms with E-state index in [1.54, 1.807) is 0 Å². The zero-order valence-electron chi connectivity index (χ0n) is 12.0. The highest BCUT2D eigenvalue weighted by molar-refractivity contribution is 8.00. The molecule has 1 saturated heterocycles. The molecule has 1 aromatic carbocycles. The van der Waals surface area contributed by atoms with E-state index in [0.29, 0.717) is 23.1 Å². The molecule has 1 aliphatic heterocycles. The smallest absolute Gasteiger partial charge is 0.306 e. The summed E-state index contributed by atoms with van der Waals surface area (Å²) in [5.74, 6) is -1.26. The number of benzene rings is 1. The molecule has 2 rings (SSSR count). The van der Waals surface area contributed by atoms with E-state index in [1.165, 1.54) is 31.0 Å².